The van der Waals surface area contributed by atoms with Crippen LogP contribution in [0.1, 0.15) is 35.7 Å². The summed E-state index contributed by atoms with van der Waals surface area (Å²) in [7, 11) is 0. The van der Waals surface area contributed by atoms with Crippen molar-refractivity contribution in [3.8, 4) is 0 Å². The van der Waals surface area contributed by atoms with Crippen molar-refractivity contribution in [3.05, 3.63) is 59.2 Å². The molecule has 130 valence electrons. The van der Waals surface area contributed by atoms with Crippen LogP contribution in [0.2, 0.25) is 0 Å². The minimum atomic E-state index is -0.805. The number of hydrogen-bond acceptors (Lipinski definition) is 4. The first-order chi connectivity index (χ1) is 12.1. The Morgan fingerprint density at radius 2 is 2.08 bits per heavy atom. The van der Waals surface area contributed by atoms with Gasteiger partial charge in [-0.25, -0.2) is 18.3 Å². The van der Waals surface area contributed by atoms with Crippen molar-refractivity contribution in [2.24, 2.45) is 0 Å². The molecule has 0 saturated carbocycles. The third-order valence-corrected chi connectivity index (χ3v) is 4.72. The second-order valence-electron chi connectivity index (χ2n) is 6.62. The third kappa shape index (κ3) is 3.24. The monoisotopic (exact) mass is 343 g/mol. The molecule has 4 rings (SSSR count). The summed E-state index contributed by atoms with van der Waals surface area (Å²) in [5.74, 6) is -0.668. The molecule has 2 aromatic heterocycles. The van der Waals surface area contributed by atoms with E-state index in [1.807, 2.05) is 6.92 Å². The van der Waals surface area contributed by atoms with Gasteiger partial charge in [0.25, 0.3) is 5.78 Å². The Balaban J connectivity index is 1.56. The van der Waals surface area contributed by atoms with Gasteiger partial charge in [0.15, 0.2) is 11.6 Å². The maximum Gasteiger partial charge on any atom is 0.252 e. The highest BCUT2D eigenvalue weighted by molar-refractivity contribution is 5.31. The molecule has 0 aliphatic carbocycles. The number of rotatable bonds is 3. The molecule has 1 fully saturated rings. The molecule has 1 unspecified atom stereocenters. The normalized spacial score (nSPS) is 18.8. The van der Waals surface area contributed by atoms with E-state index in [1.54, 1.807) is 10.6 Å². The van der Waals surface area contributed by atoms with Crippen LogP contribution in [0.4, 0.5) is 8.78 Å². The molecule has 7 heteroatoms. The average molecular weight is 343 g/mol. The van der Waals surface area contributed by atoms with Crippen LogP contribution in [-0.4, -0.2) is 37.6 Å². The van der Waals surface area contributed by atoms with Gasteiger partial charge in [0, 0.05) is 24.7 Å². The van der Waals surface area contributed by atoms with Gasteiger partial charge in [0.1, 0.15) is 6.33 Å². The molecule has 0 radical (unpaired) electrons. The average Bonchev–Trinajstić information content (AvgIpc) is 3.06. The lowest BCUT2D eigenvalue weighted by atomic mass is 9.93. The highest BCUT2D eigenvalue weighted by Crippen LogP contribution is 2.28. The van der Waals surface area contributed by atoms with Gasteiger partial charge in [-0.1, -0.05) is 6.07 Å². The zero-order valence-corrected chi connectivity index (χ0v) is 14.0. The number of piperidine rings is 1. The van der Waals surface area contributed by atoms with E-state index in [4.69, 9.17) is 0 Å². The smallest absolute Gasteiger partial charge is 0.252 e. The van der Waals surface area contributed by atoms with Gasteiger partial charge in [-0.05, 0) is 50.1 Å². The molecular weight excluding hydrogens is 324 g/mol. The van der Waals surface area contributed by atoms with Crippen LogP contribution >= 0.6 is 0 Å². The van der Waals surface area contributed by atoms with Crippen LogP contribution in [0, 0.1) is 18.6 Å². The highest BCUT2D eigenvalue weighted by Gasteiger charge is 2.24. The largest absolute Gasteiger partial charge is 0.298 e. The van der Waals surface area contributed by atoms with E-state index in [9.17, 15) is 8.78 Å². The second kappa shape index (κ2) is 6.48. The van der Waals surface area contributed by atoms with Gasteiger partial charge in [-0.3, -0.25) is 4.90 Å². The van der Waals surface area contributed by atoms with Gasteiger partial charge in [-0.2, -0.15) is 10.1 Å². The van der Waals surface area contributed by atoms with Crippen molar-refractivity contribution in [1.29, 1.82) is 0 Å². The van der Waals surface area contributed by atoms with Crippen molar-refractivity contribution < 1.29 is 8.78 Å². The number of aryl methyl sites for hydroxylation is 1. The van der Waals surface area contributed by atoms with Gasteiger partial charge in [0.2, 0.25) is 0 Å². The summed E-state index contributed by atoms with van der Waals surface area (Å²) in [5, 5.41) is 4.30. The summed E-state index contributed by atoms with van der Waals surface area (Å²) in [6, 6.07) is 6.18. The highest BCUT2D eigenvalue weighted by atomic mass is 19.2. The van der Waals surface area contributed by atoms with Gasteiger partial charge in [0.05, 0.1) is 5.69 Å². The van der Waals surface area contributed by atoms with Crippen molar-refractivity contribution in [1.82, 2.24) is 24.5 Å². The molecule has 5 nitrogen and oxygen atoms in total. The molecule has 0 bridgehead atoms. The van der Waals surface area contributed by atoms with Crippen LogP contribution in [0.5, 0.6) is 0 Å². The van der Waals surface area contributed by atoms with E-state index >= 15 is 0 Å². The number of hydrogen-bond donors (Lipinski definition) is 0. The molecule has 1 atom stereocenters. The summed E-state index contributed by atoms with van der Waals surface area (Å²) in [5.41, 5.74) is 2.82. The van der Waals surface area contributed by atoms with Crippen LogP contribution in [-0.2, 0) is 6.54 Å². The van der Waals surface area contributed by atoms with Crippen LogP contribution in [0.3, 0.4) is 0 Å². The molecule has 0 amide bonds. The topological polar surface area (TPSA) is 46.3 Å². The fourth-order valence-corrected chi connectivity index (χ4v) is 3.59. The van der Waals surface area contributed by atoms with E-state index in [-0.39, 0.29) is 0 Å². The Kier molecular flexibility index (Phi) is 4.17. The van der Waals surface area contributed by atoms with E-state index in [0.717, 1.165) is 42.9 Å². The Morgan fingerprint density at radius 3 is 2.92 bits per heavy atom. The molecule has 1 aromatic carbocycles. The Morgan fingerprint density at radius 1 is 1.20 bits per heavy atom. The fourth-order valence-electron chi connectivity index (χ4n) is 3.59. The third-order valence-electron chi connectivity index (χ3n) is 4.72. The lowest BCUT2D eigenvalue weighted by Gasteiger charge is -2.33. The first-order valence-electron chi connectivity index (χ1n) is 8.44. The molecule has 0 spiro atoms. The minimum absolute atomic E-state index is 0.310. The molecule has 1 aliphatic rings. The van der Waals surface area contributed by atoms with Crippen molar-refractivity contribution in [2.75, 3.05) is 13.1 Å². The maximum atomic E-state index is 13.4. The lowest BCUT2D eigenvalue weighted by molar-refractivity contribution is 0.197. The number of halogens is 2. The molecule has 3 aromatic rings. The van der Waals surface area contributed by atoms with Gasteiger partial charge >= 0.3 is 0 Å². The summed E-state index contributed by atoms with van der Waals surface area (Å²) >= 11 is 0. The summed E-state index contributed by atoms with van der Waals surface area (Å²) in [6.45, 7) is 4.36. The SMILES string of the molecule is Cc1cc(C2CCCN(Cc3ccc(F)c(F)c3)C2)n2ncnc2n1. The van der Waals surface area contributed by atoms with Crippen LogP contribution in [0.25, 0.3) is 5.78 Å². The second-order valence-corrected chi connectivity index (χ2v) is 6.62. The summed E-state index contributed by atoms with van der Waals surface area (Å²) in [6.07, 6.45) is 3.63. The van der Waals surface area contributed by atoms with Crippen molar-refractivity contribution >= 4 is 5.78 Å². The first kappa shape index (κ1) is 16.1. The molecule has 0 N–H and O–H groups in total. The van der Waals surface area contributed by atoms with Gasteiger partial charge in [-0.15, -0.1) is 0 Å². The molecule has 1 saturated heterocycles. The van der Waals surface area contributed by atoms with Crippen molar-refractivity contribution in [2.45, 2.75) is 32.2 Å². The Bertz CT molecular complexity index is 908. The Hall–Kier alpha value is -2.41. The molecular formula is C18H19F2N5. The summed E-state index contributed by atoms with van der Waals surface area (Å²) < 4.78 is 28.3. The number of benzene rings is 1. The predicted molar refractivity (Wildman–Crippen MR) is 89.1 cm³/mol. The zero-order chi connectivity index (χ0) is 17.4. The van der Waals surface area contributed by atoms with E-state index < -0.39 is 11.6 Å². The first-order valence-corrected chi connectivity index (χ1v) is 8.44. The molecule has 3 heterocycles. The van der Waals surface area contributed by atoms with E-state index in [2.05, 4.69) is 26.0 Å². The van der Waals surface area contributed by atoms with E-state index in [1.165, 1.54) is 18.5 Å². The molecule has 1 aliphatic heterocycles. The van der Waals surface area contributed by atoms with Crippen LogP contribution in [0.15, 0.2) is 30.6 Å². The van der Waals surface area contributed by atoms with Crippen LogP contribution < -0.4 is 0 Å². The Labute approximate surface area is 144 Å². The minimum Gasteiger partial charge on any atom is -0.298 e. The molecule has 25 heavy (non-hydrogen) atoms. The summed E-state index contributed by atoms with van der Waals surface area (Å²) in [4.78, 5) is 10.9. The zero-order valence-electron chi connectivity index (χ0n) is 14.0. The number of likely N-dealkylation sites (tertiary alicyclic amines) is 1. The predicted octanol–water partition coefficient (Wildman–Crippen LogP) is 3.09. The quantitative estimate of drug-likeness (QED) is 0.733. The maximum absolute atomic E-state index is 13.4. The van der Waals surface area contributed by atoms with E-state index in [0.29, 0.717) is 18.2 Å². The number of aromatic nitrogens is 4. The number of nitrogens with zero attached hydrogens (tertiary/aromatic N) is 5. The standard InChI is InChI=1S/C18H19F2N5/c1-12-7-17(25-18(23-12)21-11-22-25)14-3-2-6-24(10-14)9-13-4-5-15(19)16(20)8-13/h4-5,7-8,11,14H,2-3,6,9-10H2,1H3. The van der Waals surface area contributed by atoms with Gasteiger partial charge < -0.3 is 0 Å². The number of fused-ring (bicyclic) bond motifs is 1. The van der Waals surface area contributed by atoms with Crippen molar-refractivity contribution in [3.63, 3.8) is 0 Å². The fraction of sp³-hybridized carbons (Fsp3) is 0.389. The lowest BCUT2D eigenvalue weighted by Crippen LogP contribution is -2.34.